The Balaban J connectivity index is 1.80. The van der Waals surface area contributed by atoms with Gasteiger partial charge in [-0.3, -0.25) is 4.79 Å². The van der Waals surface area contributed by atoms with Gasteiger partial charge in [-0.15, -0.1) is 11.8 Å². The van der Waals surface area contributed by atoms with E-state index in [-0.39, 0.29) is 5.56 Å². The van der Waals surface area contributed by atoms with Crippen molar-refractivity contribution in [1.82, 2.24) is 5.32 Å². The molecule has 0 aromatic heterocycles. The standard InChI is InChI=1S/C15H12BrClFNOS/c16-10-1-6-13(14(18)9-10)15(20)19-7-8-21-12-4-2-11(17)3-5-12/h1-6,9H,7-8H2,(H,19,20). The highest BCUT2D eigenvalue weighted by Gasteiger charge is 2.11. The molecular weight excluding hydrogens is 377 g/mol. The highest BCUT2D eigenvalue weighted by Crippen LogP contribution is 2.20. The molecule has 1 N–H and O–H groups in total. The Morgan fingerprint density at radius 2 is 1.95 bits per heavy atom. The average molecular weight is 389 g/mol. The summed E-state index contributed by atoms with van der Waals surface area (Å²) in [4.78, 5) is 12.9. The van der Waals surface area contributed by atoms with E-state index in [1.165, 1.54) is 12.1 Å². The van der Waals surface area contributed by atoms with Crippen molar-refractivity contribution in [3.8, 4) is 0 Å². The lowest BCUT2D eigenvalue weighted by Crippen LogP contribution is -2.26. The van der Waals surface area contributed by atoms with Gasteiger partial charge in [-0.2, -0.15) is 0 Å². The van der Waals surface area contributed by atoms with Gasteiger partial charge in [-0.05, 0) is 42.5 Å². The Morgan fingerprint density at radius 3 is 2.62 bits per heavy atom. The van der Waals surface area contributed by atoms with Gasteiger partial charge in [0.2, 0.25) is 0 Å². The summed E-state index contributed by atoms with van der Waals surface area (Å²) in [6, 6.07) is 11.9. The van der Waals surface area contributed by atoms with E-state index >= 15 is 0 Å². The van der Waals surface area contributed by atoms with Gasteiger partial charge in [0.15, 0.2) is 0 Å². The van der Waals surface area contributed by atoms with E-state index in [0.29, 0.717) is 21.8 Å². The number of rotatable bonds is 5. The third-order valence-electron chi connectivity index (χ3n) is 2.65. The monoisotopic (exact) mass is 387 g/mol. The van der Waals surface area contributed by atoms with Crippen molar-refractivity contribution in [2.24, 2.45) is 0 Å². The number of hydrogen-bond acceptors (Lipinski definition) is 2. The highest BCUT2D eigenvalue weighted by atomic mass is 79.9. The maximum absolute atomic E-state index is 13.6. The fraction of sp³-hybridized carbons (Fsp3) is 0.133. The lowest BCUT2D eigenvalue weighted by molar-refractivity contribution is 0.0952. The average Bonchev–Trinajstić information content (AvgIpc) is 2.45. The predicted octanol–water partition coefficient (Wildman–Crippen LogP) is 4.76. The summed E-state index contributed by atoms with van der Waals surface area (Å²) in [5, 5.41) is 3.39. The van der Waals surface area contributed by atoms with Gasteiger partial charge >= 0.3 is 0 Å². The van der Waals surface area contributed by atoms with E-state index < -0.39 is 11.7 Å². The van der Waals surface area contributed by atoms with Crippen molar-refractivity contribution in [2.45, 2.75) is 4.90 Å². The molecule has 0 bridgehead atoms. The molecule has 110 valence electrons. The molecule has 0 spiro atoms. The van der Waals surface area contributed by atoms with E-state index in [1.54, 1.807) is 17.8 Å². The first-order chi connectivity index (χ1) is 10.1. The van der Waals surface area contributed by atoms with E-state index in [4.69, 9.17) is 11.6 Å². The van der Waals surface area contributed by atoms with Crippen molar-refractivity contribution in [3.05, 3.63) is 63.3 Å². The first-order valence-electron chi connectivity index (χ1n) is 6.18. The zero-order valence-corrected chi connectivity index (χ0v) is 14.1. The summed E-state index contributed by atoms with van der Waals surface area (Å²) in [5.74, 6) is -0.241. The maximum Gasteiger partial charge on any atom is 0.254 e. The Morgan fingerprint density at radius 1 is 1.24 bits per heavy atom. The van der Waals surface area contributed by atoms with Crippen molar-refractivity contribution in [1.29, 1.82) is 0 Å². The molecule has 0 saturated heterocycles. The molecule has 2 rings (SSSR count). The quantitative estimate of drug-likeness (QED) is 0.591. The number of halogens is 3. The summed E-state index contributed by atoms with van der Waals surface area (Å²) in [6.45, 7) is 0.460. The minimum atomic E-state index is -0.535. The van der Waals surface area contributed by atoms with E-state index in [1.807, 2.05) is 24.3 Å². The van der Waals surface area contributed by atoms with Crippen molar-refractivity contribution < 1.29 is 9.18 Å². The first-order valence-corrected chi connectivity index (χ1v) is 8.33. The van der Waals surface area contributed by atoms with Crippen LogP contribution < -0.4 is 5.32 Å². The van der Waals surface area contributed by atoms with E-state index in [0.717, 1.165) is 4.90 Å². The van der Waals surface area contributed by atoms with Crippen LogP contribution >= 0.6 is 39.3 Å². The molecule has 1 amide bonds. The molecule has 0 aliphatic rings. The van der Waals surface area contributed by atoms with Crippen LogP contribution in [0.4, 0.5) is 4.39 Å². The molecule has 0 heterocycles. The van der Waals surface area contributed by atoms with Crippen molar-refractivity contribution >= 4 is 45.2 Å². The fourth-order valence-corrected chi connectivity index (χ4v) is 2.86. The molecule has 2 nitrogen and oxygen atoms in total. The van der Waals surface area contributed by atoms with Crippen LogP contribution in [0.25, 0.3) is 0 Å². The zero-order valence-electron chi connectivity index (χ0n) is 10.9. The summed E-state index contributed by atoms with van der Waals surface area (Å²) in [5.41, 5.74) is 0.0506. The lowest BCUT2D eigenvalue weighted by atomic mass is 10.2. The van der Waals surface area contributed by atoms with Gasteiger partial charge in [-0.25, -0.2) is 4.39 Å². The van der Waals surface area contributed by atoms with E-state index in [2.05, 4.69) is 21.2 Å². The maximum atomic E-state index is 13.6. The second-order valence-electron chi connectivity index (χ2n) is 4.18. The van der Waals surface area contributed by atoms with Gasteiger partial charge in [0.05, 0.1) is 5.56 Å². The molecule has 0 saturated carbocycles. The SMILES string of the molecule is O=C(NCCSc1ccc(Cl)cc1)c1ccc(Br)cc1F. The first kappa shape index (κ1) is 16.3. The topological polar surface area (TPSA) is 29.1 Å². The van der Waals surface area contributed by atoms with Crippen LogP contribution in [-0.4, -0.2) is 18.2 Å². The molecule has 0 aliphatic heterocycles. The Bertz CT molecular complexity index is 636. The van der Waals surface area contributed by atoms with Gasteiger partial charge in [0, 0.05) is 26.7 Å². The third-order valence-corrected chi connectivity index (χ3v) is 4.40. The summed E-state index contributed by atoms with van der Waals surface area (Å²) >= 11 is 10.6. The molecule has 21 heavy (non-hydrogen) atoms. The lowest BCUT2D eigenvalue weighted by Gasteiger charge is -2.06. The molecule has 0 fully saturated rings. The number of benzene rings is 2. The second-order valence-corrected chi connectivity index (χ2v) is 6.70. The molecule has 2 aromatic carbocycles. The van der Waals surface area contributed by atoms with Crippen LogP contribution in [-0.2, 0) is 0 Å². The molecule has 0 unspecified atom stereocenters. The van der Waals surface area contributed by atoms with Crippen LogP contribution in [0, 0.1) is 5.82 Å². The summed E-state index contributed by atoms with van der Waals surface area (Å²) < 4.78 is 14.2. The molecule has 0 aliphatic carbocycles. The second kappa shape index (κ2) is 7.82. The number of carbonyl (C=O) groups excluding carboxylic acids is 1. The Kier molecular flexibility index (Phi) is 6.08. The minimum absolute atomic E-state index is 0.0506. The predicted molar refractivity (Wildman–Crippen MR) is 88.6 cm³/mol. The number of amides is 1. The van der Waals surface area contributed by atoms with Gasteiger partial charge in [0.25, 0.3) is 5.91 Å². The number of hydrogen-bond donors (Lipinski definition) is 1. The highest BCUT2D eigenvalue weighted by molar-refractivity contribution is 9.10. The number of thioether (sulfide) groups is 1. The summed E-state index contributed by atoms with van der Waals surface area (Å²) in [6.07, 6.45) is 0. The third kappa shape index (κ3) is 5.02. The van der Waals surface area contributed by atoms with Crippen LogP contribution in [0.5, 0.6) is 0 Å². The molecule has 6 heteroatoms. The fourth-order valence-electron chi connectivity index (χ4n) is 1.63. The van der Waals surface area contributed by atoms with Gasteiger partial charge in [0.1, 0.15) is 5.82 Å². The van der Waals surface area contributed by atoms with Crippen LogP contribution in [0.3, 0.4) is 0 Å². The van der Waals surface area contributed by atoms with Crippen LogP contribution in [0.15, 0.2) is 51.8 Å². The smallest absolute Gasteiger partial charge is 0.254 e. The molecule has 0 atom stereocenters. The van der Waals surface area contributed by atoms with Crippen molar-refractivity contribution in [2.75, 3.05) is 12.3 Å². The largest absolute Gasteiger partial charge is 0.351 e. The minimum Gasteiger partial charge on any atom is -0.351 e. The normalized spacial score (nSPS) is 10.4. The number of carbonyl (C=O) groups is 1. The van der Waals surface area contributed by atoms with Crippen LogP contribution in [0.2, 0.25) is 5.02 Å². The van der Waals surface area contributed by atoms with Gasteiger partial charge < -0.3 is 5.32 Å². The molecular formula is C15H12BrClFNOS. The Hall–Kier alpha value is -1.04. The van der Waals surface area contributed by atoms with Crippen molar-refractivity contribution in [3.63, 3.8) is 0 Å². The molecule has 2 aromatic rings. The van der Waals surface area contributed by atoms with Gasteiger partial charge in [-0.1, -0.05) is 27.5 Å². The molecule has 0 radical (unpaired) electrons. The van der Waals surface area contributed by atoms with Crippen LogP contribution in [0.1, 0.15) is 10.4 Å². The Labute approximate surface area is 140 Å². The van der Waals surface area contributed by atoms with E-state index in [9.17, 15) is 9.18 Å². The number of nitrogens with one attached hydrogen (secondary N) is 1. The summed E-state index contributed by atoms with van der Waals surface area (Å²) in [7, 11) is 0. The zero-order chi connectivity index (χ0) is 15.2.